The molecule has 3 aromatic carbocycles. The van der Waals surface area contributed by atoms with E-state index in [1.165, 1.54) is 6.08 Å². The van der Waals surface area contributed by atoms with Gasteiger partial charge in [0.2, 0.25) is 0 Å². The van der Waals surface area contributed by atoms with Gasteiger partial charge in [-0.1, -0.05) is 35.9 Å². The molecule has 7 nitrogen and oxygen atoms in total. The molecule has 1 heterocycles. The fourth-order valence-electron chi connectivity index (χ4n) is 3.59. The van der Waals surface area contributed by atoms with E-state index in [9.17, 15) is 14.4 Å². The molecule has 0 aromatic heterocycles. The summed E-state index contributed by atoms with van der Waals surface area (Å²) in [5.41, 5.74) is 2.52. The molecule has 4 rings (SSSR count). The van der Waals surface area contributed by atoms with Gasteiger partial charge in [0.25, 0.3) is 11.8 Å². The van der Waals surface area contributed by atoms with Gasteiger partial charge in [-0.15, -0.1) is 0 Å². The first-order valence-electron chi connectivity index (χ1n) is 10.9. The molecule has 3 aromatic rings. The number of anilines is 1. The van der Waals surface area contributed by atoms with Crippen LogP contribution in [0, 0.1) is 13.8 Å². The number of hydrogen-bond acceptors (Lipinski definition) is 5. The molecule has 178 valence electrons. The Bertz CT molecular complexity index is 1330. The fraction of sp³-hybridized carbons (Fsp3) is 0.148. The van der Waals surface area contributed by atoms with Crippen molar-refractivity contribution in [2.45, 2.75) is 13.8 Å². The highest BCUT2D eigenvalue weighted by Gasteiger charge is 2.37. The smallest absolute Gasteiger partial charge is 0.335 e. The van der Waals surface area contributed by atoms with Crippen LogP contribution >= 0.6 is 11.6 Å². The van der Waals surface area contributed by atoms with E-state index in [1.54, 1.807) is 36.4 Å². The molecule has 8 heteroatoms. The zero-order valence-electron chi connectivity index (χ0n) is 19.2. The SMILES string of the molecule is Cc1cccc(OCCOc2ccc(Cl)cc2/C=C2/C(=O)NC(=O)N(c3cccc(C)c3)C2=O)c1. The number of barbiturate groups is 1. The number of halogens is 1. The van der Waals surface area contributed by atoms with Crippen molar-refractivity contribution < 1.29 is 23.9 Å². The third-order valence-electron chi connectivity index (χ3n) is 5.23. The number of aryl methyl sites for hydroxylation is 2. The first-order chi connectivity index (χ1) is 16.8. The van der Waals surface area contributed by atoms with Crippen LogP contribution in [0.4, 0.5) is 10.5 Å². The Morgan fingerprint density at radius 2 is 1.60 bits per heavy atom. The minimum Gasteiger partial charge on any atom is -0.490 e. The van der Waals surface area contributed by atoms with Crippen LogP contribution in [0.25, 0.3) is 6.08 Å². The molecule has 0 aliphatic carbocycles. The maximum Gasteiger partial charge on any atom is 0.335 e. The van der Waals surface area contributed by atoms with E-state index in [-0.39, 0.29) is 18.8 Å². The van der Waals surface area contributed by atoms with Gasteiger partial charge in [0.05, 0.1) is 5.69 Å². The van der Waals surface area contributed by atoms with E-state index >= 15 is 0 Å². The average molecular weight is 491 g/mol. The summed E-state index contributed by atoms with van der Waals surface area (Å²) in [6.45, 7) is 4.33. The van der Waals surface area contributed by atoms with Gasteiger partial charge < -0.3 is 9.47 Å². The Balaban J connectivity index is 1.55. The molecule has 1 aliphatic heterocycles. The second kappa shape index (κ2) is 10.4. The van der Waals surface area contributed by atoms with Crippen molar-refractivity contribution in [3.8, 4) is 11.5 Å². The van der Waals surface area contributed by atoms with Crippen LogP contribution in [0.1, 0.15) is 16.7 Å². The Hall–Kier alpha value is -4.10. The van der Waals surface area contributed by atoms with E-state index in [0.717, 1.165) is 21.8 Å². The maximum atomic E-state index is 13.2. The van der Waals surface area contributed by atoms with Crippen LogP contribution in [-0.2, 0) is 9.59 Å². The van der Waals surface area contributed by atoms with Crippen LogP contribution in [-0.4, -0.2) is 31.1 Å². The van der Waals surface area contributed by atoms with Crippen LogP contribution in [0.3, 0.4) is 0 Å². The number of ether oxygens (including phenoxy) is 2. The molecule has 1 fully saturated rings. The third-order valence-corrected chi connectivity index (χ3v) is 5.47. The van der Waals surface area contributed by atoms with Crippen molar-refractivity contribution >= 4 is 41.2 Å². The van der Waals surface area contributed by atoms with Gasteiger partial charge >= 0.3 is 6.03 Å². The van der Waals surface area contributed by atoms with Crippen LogP contribution in [0.5, 0.6) is 11.5 Å². The van der Waals surface area contributed by atoms with Crippen molar-refractivity contribution in [1.29, 1.82) is 0 Å². The molecule has 0 bridgehead atoms. The number of carbonyl (C=O) groups is 3. The Labute approximate surface area is 207 Å². The normalized spacial score (nSPS) is 14.8. The maximum absolute atomic E-state index is 13.2. The van der Waals surface area contributed by atoms with Gasteiger partial charge in [0, 0.05) is 10.6 Å². The molecule has 0 unspecified atom stereocenters. The van der Waals surface area contributed by atoms with Crippen molar-refractivity contribution in [1.82, 2.24) is 5.32 Å². The molecule has 0 spiro atoms. The van der Waals surface area contributed by atoms with Crippen LogP contribution in [0.2, 0.25) is 5.02 Å². The number of amides is 4. The lowest BCUT2D eigenvalue weighted by Gasteiger charge is -2.26. The highest BCUT2D eigenvalue weighted by molar-refractivity contribution is 6.39. The van der Waals surface area contributed by atoms with Gasteiger partial charge in [-0.05, 0) is 73.5 Å². The molecule has 4 amide bonds. The summed E-state index contributed by atoms with van der Waals surface area (Å²) in [7, 11) is 0. The number of urea groups is 1. The van der Waals surface area contributed by atoms with Gasteiger partial charge in [-0.25, -0.2) is 9.69 Å². The third kappa shape index (κ3) is 5.70. The summed E-state index contributed by atoms with van der Waals surface area (Å²) in [5.74, 6) is -0.387. The lowest BCUT2D eigenvalue weighted by molar-refractivity contribution is -0.122. The Morgan fingerprint density at radius 3 is 2.34 bits per heavy atom. The first kappa shape index (κ1) is 24.0. The van der Waals surface area contributed by atoms with Gasteiger partial charge in [-0.3, -0.25) is 14.9 Å². The van der Waals surface area contributed by atoms with Gasteiger partial charge in [-0.2, -0.15) is 0 Å². The summed E-state index contributed by atoms with van der Waals surface area (Å²) >= 11 is 6.17. The number of carbonyl (C=O) groups excluding carboxylic acids is 3. The first-order valence-corrected chi connectivity index (χ1v) is 11.3. The van der Waals surface area contributed by atoms with E-state index < -0.39 is 17.8 Å². The summed E-state index contributed by atoms with van der Waals surface area (Å²) in [6, 6.07) is 18.6. The zero-order valence-corrected chi connectivity index (χ0v) is 20.0. The summed E-state index contributed by atoms with van der Waals surface area (Å²) in [6.07, 6.45) is 1.37. The number of hydrogen-bond donors (Lipinski definition) is 1. The molecule has 1 saturated heterocycles. The fourth-order valence-corrected chi connectivity index (χ4v) is 3.77. The Kier molecular flexibility index (Phi) is 7.17. The standard InChI is InChI=1S/C27H23ClN2O5/c1-17-5-3-7-21(13-17)30-26(32)23(25(31)29-27(30)33)16-19-15-20(28)9-10-24(19)35-12-11-34-22-8-4-6-18(2)14-22/h3-10,13-16H,11-12H2,1-2H3,(H,29,31,33)/b23-16-. The molecular weight excluding hydrogens is 468 g/mol. The molecule has 0 radical (unpaired) electrons. The molecule has 0 saturated carbocycles. The summed E-state index contributed by atoms with van der Waals surface area (Å²) in [4.78, 5) is 39.1. The van der Waals surface area contributed by atoms with Crippen LogP contribution in [0.15, 0.2) is 72.3 Å². The van der Waals surface area contributed by atoms with E-state index in [0.29, 0.717) is 22.0 Å². The summed E-state index contributed by atoms with van der Waals surface area (Å²) < 4.78 is 11.6. The van der Waals surface area contributed by atoms with Crippen molar-refractivity contribution in [3.63, 3.8) is 0 Å². The predicted molar refractivity (Wildman–Crippen MR) is 134 cm³/mol. The second-order valence-electron chi connectivity index (χ2n) is 7.99. The average Bonchev–Trinajstić information content (AvgIpc) is 2.80. The monoisotopic (exact) mass is 490 g/mol. The largest absolute Gasteiger partial charge is 0.490 e. The number of imide groups is 2. The van der Waals surface area contributed by atoms with E-state index in [4.69, 9.17) is 21.1 Å². The highest BCUT2D eigenvalue weighted by Crippen LogP contribution is 2.28. The minimum absolute atomic E-state index is 0.214. The zero-order chi connectivity index (χ0) is 24.9. The van der Waals surface area contributed by atoms with Crippen molar-refractivity contribution in [3.05, 3.63) is 94.0 Å². The predicted octanol–water partition coefficient (Wildman–Crippen LogP) is 5.08. The second-order valence-corrected chi connectivity index (χ2v) is 8.43. The topological polar surface area (TPSA) is 84.9 Å². The quantitative estimate of drug-likeness (QED) is 0.283. The number of nitrogens with zero attached hydrogens (tertiary/aromatic N) is 1. The van der Waals surface area contributed by atoms with E-state index in [1.807, 2.05) is 44.2 Å². The van der Waals surface area contributed by atoms with Crippen molar-refractivity contribution in [2.75, 3.05) is 18.1 Å². The lowest BCUT2D eigenvalue weighted by atomic mass is 10.1. The minimum atomic E-state index is -0.807. The molecule has 35 heavy (non-hydrogen) atoms. The Morgan fingerprint density at radius 1 is 0.886 bits per heavy atom. The van der Waals surface area contributed by atoms with Crippen molar-refractivity contribution in [2.24, 2.45) is 0 Å². The summed E-state index contributed by atoms with van der Waals surface area (Å²) in [5, 5.41) is 2.62. The number of benzene rings is 3. The molecule has 1 aliphatic rings. The number of rotatable bonds is 7. The van der Waals surface area contributed by atoms with Crippen LogP contribution < -0.4 is 19.7 Å². The lowest BCUT2D eigenvalue weighted by Crippen LogP contribution is -2.54. The van der Waals surface area contributed by atoms with Gasteiger partial charge in [0.15, 0.2) is 0 Å². The highest BCUT2D eigenvalue weighted by atomic mass is 35.5. The molecule has 0 atom stereocenters. The molecular formula is C27H23ClN2O5. The van der Waals surface area contributed by atoms with E-state index in [2.05, 4.69) is 5.32 Å². The molecule has 1 N–H and O–H groups in total. The van der Waals surface area contributed by atoms with Gasteiger partial charge in [0.1, 0.15) is 30.3 Å². The number of nitrogens with one attached hydrogen (secondary N) is 1.